The Bertz CT molecular complexity index is 1320. The van der Waals surface area contributed by atoms with Crippen LogP contribution in [0, 0.1) is 24.6 Å². The smallest absolute Gasteiger partial charge is 0.256 e. The van der Waals surface area contributed by atoms with Crippen LogP contribution in [0.4, 0.5) is 4.39 Å². The first-order chi connectivity index (χ1) is 18.8. The SMILES string of the molecule is Cc1cncc2c1c(C[C@@H]1CCN([C@@H](CO)C3CCCOC3)C1)cn2-c1ccc(F)cc1C(=O)N(C)C(C)C. The molecule has 2 saturated heterocycles. The van der Waals surface area contributed by atoms with Crippen molar-refractivity contribution in [1.29, 1.82) is 0 Å². The van der Waals surface area contributed by atoms with E-state index in [-0.39, 0.29) is 24.6 Å². The molecule has 1 aromatic carbocycles. The number of rotatable bonds is 8. The molecule has 2 aliphatic heterocycles. The Morgan fingerprint density at radius 3 is 2.82 bits per heavy atom. The molecule has 0 saturated carbocycles. The van der Waals surface area contributed by atoms with Gasteiger partial charge < -0.3 is 19.3 Å². The minimum Gasteiger partial charge on any atom is -0.395 e. The van der Waals surface area contributed by atoms with Gasteiger partial charge in [-0.3, -0.25) is 14.7 Å². The van der Waals surface area contributed by atoms with E-state index < -0.39 is 5.82 Å². The zero-order chi connectivity index (χ0) is 27.7. The van der Waals surface area contributed by atoms with Gasteiger partial charge in [0.2, 0.25) is 0 Å². The third kappa shape index (κ3) is 5.60. The molecule has 2 fully saturated rings. The number of benzene rings is 1. The molecule has 39 heavy (non-hydrogen) atoms. The number of fused-ring (bicyclic) bond motifs is 1. The van der Waals surface area contributed by atoms with E-state index in [0.29, 0.717) is 23.1 Å². The van der Waals surface area contributed by atoms with Crippen LogP contribution < -0.4 is 0 Å². The lowest BCUT2D eigenvalue weighted by atomic mass is 9.93. The number of nitrogens with zero attached hydrogens (tertiary/aromatic N) is 4. The number of amides is 1. The highest BCUT2D eigenvalue weighted by Gasteiger charge is 2.34. The molecule has 210 valence electrons. The number of likely N-dealkylation sites (tertiary alicyclic amines) is 1. The van der Waals surface area contributed by atoms with Crippen molar-refractivity contribution in [1.82, 2.24) is 19.4 Å². The van der Waals surface area contributed by atoms with E-state index in [0.717, 1.165) is 68.5 Å². The maximum Gasteiger partial charge on any atom is 0.256 e. The van der Waals surface area contributed by atoms with E-state index in [1.807, 2.05) is 30.8 Å². The highest BCUT2D eigenvalue weighted by molar-refractivity contribution is 5.99. The lowest BCUT2D eigenvalue weighted by molar-refractivity contribution is -0.00344. The molecule has 8 heteroatoms. The Labute approximate surface area is 230 Å². The molecule has 7 nitrogen and oxygen atoms in total. The van der Waals surface area contributed by atoms with Crippen LogP contribution in [-0.2, 0) is 11.2 Å². The zero-order valence-corrected chi connectivity index (χ0v) is 23.6. The molecule has 0 aliphatic carbocycles. The molecule has 2 aliphatic rings. The fraction of sp³-hybridized carbons (Fsp3) is 0.548. The topological polar surface area (TPSA) is 70.8 Å². The van der Waals surface area contributed by atoms with Crippen LogP contribution >= 0.6 is 0 Å². The van der Waals surface area contributed by atoms with E-state index in [1.165, 1.54) is 17.7 Å². The summed E-state index contributed by atoms with van der Waals surface area (Å²) in [4.78, 5) is 21.9. The second-order valence-corrected chi connectivity index (χ2v) is 11.6. The molecule has 3 atom stereocenters. The molecule has 0 radical (unpaired) electrons. The Morgan fingerprint density at radius 1 is 1.28 bits per heavy atom. The zero-order valence-electron chi connectivity index (χ0n) is 23.6. The van der Waals surface area contributed by atoms with Gasteiger partial charge in [0.25, 0.3) is 5.91 Å². The first kappa shape index (κ1) is 27.7. The normalized spacial score (nSPS) is 21.1. The number of aromatic nitrogens is 2. The quantitative estimate of drug-likeness (QED) is 0.456. The van der Waals surface area contributed by atoms with Crippen LogP contribution in [0.2, 0.25) is 0 Å². The molecule has 4 heterocycles. The fourth-order valence-electron chi connectivity index (χ4n) is 6.38. The van der Waals surface area contributed by atoms with Gasteiger partial charge >= 0.3 is 0 Å². The van der Waals surface area contributed by atoms with E-state index in [2.05, 4.69) is 23.0 Å². The third-order valence-corrected chi connectivity index (χ3v) is 8.75. The third-order valence-electron chi connectivity index (χ3n) is 8.75. The number of hydrogen-bond acceptors (Lipinski definition) is 5. The van der Waals surface area contributed by atoms with Gasteiger partial charge in [-0.05, 0) is 88.2 Å². The minimum absolute atomic E-state index is 0.0114. The molecular weight excluding hydrogens is 495 g/mol. The number of halogens is 1. The van der Waals surface area contributed by atoms with E-state index in [4.69, 9.17) is 4.74 Å². The van der Waals surface area contributed by atoms with Crippen molar-refractivity contribution in [2.45, 2.75) is 58.5 Å². The molecule has 0 spiro atoms. The molecule has 2 aromatic heterocycles. The summed E-state index contributed by atoms with van der Waals surface area (Å²) in [7, 11) is 1.75. The second-order valence-electron chi connectivity index (χ2n) is 11.6. The summed E-state index contributed by atoms with van der Waals surface area (Å²) in [6.07, 6.45) is 9.95. The molecular formula is C31H41FN4O3. The Balaban J connectivity index is 1.46. The number of aliphatic hydroxyl groups is 1. The van der Waals surface area contributed by atoms with Crippen molar-refractivity contribution in [3.8, 4) is 5.69 Å². The standard InChI is InChI=1S/C31H41FN4O3/c1-20(2)34(4)31(38)26-13-25(32)7-8-27(26)36-17-24(30-21(3)14-33-15-28(30)36)12-22-9-10-35(16-22)29(18-37)23-6-5-11-39-19-23/h7-8,13-15,17,20,22-23,29,37H,5-6,9-12,16,18-19H2,1-4H3/t22-,23?,29-/m0/s1. The Morgan fingerprint density at radius 2 is 2.10 bits per heavy atom. The summed E-state index contributed by atoms with van der Waals surface area (Å²) in [5.41, 5.74) is 4.20. The molecule has 1 amide bonds. The Kier molecular flexibility index (Phi) is 8.35. The largest absolute Gasteiger partial charge is 0.395 e. The summed E-state index contributed by atoms with van der Waals surface area (Å²) in [6, 6.07) is 4.58. The number of ether oxygens (including phenoxy) is 1. The van der Waals surface area contributed by atoms with Gasteiger partial charge in [-0.15, -0.1) is 0 Å². The van der Waals surface area contributed by atoms with Crippen molar-refractivity contribution >= 4 is 16.8 Å². The summed E-state index contributed by atoms with van der Waals surface area (Å²) in [6.45, 7) is 9.60. The van der Waals surface area contributed by atoms with Crippen LogP contribution in [0.25, 0.3) is 16.6 Å². The second kappa shape index (κ2) is 11.7. The van der Waals surface area contributed by atoms with Crippen molar-refractivity contribution in [3.63, 3.8) is 0 Å². The van der Waals surface area contributed by atoms with E-state index >= 15 is 0 Å². The van der Waals surface area contributed by atoms with Crippen LogP contribution in [0.1, 0.15) is 54.6 Å². The van der Waals surface area contributed by atoms with Crippen molar-refractivity contribution in [3.05, 3.63) is 59.3 Å². The fourth-order valence-corrected chi connectivity index (χ4v) is 6.38. The van der Waals surface area contributed by atoms with Crippen molar-refractivity contribution in [2.75, 3.05) is 40.0 Å². The average Bonchev–Trinajstić information content (AvgIpc) is 3.54. The maximum atomic E-state index is 14.4. The lowest BCUT2D eigenvalue weighted by Crippen LogP contribution is -2.45. The van der Waals surface area contributed by atoms with Gasteiger partial charge in [-0.1, -0.05) is 0 Å². The molecule has 0 bridgehead atoms. The monoisotopic (exact) mass is 536 g/mol. The van der Waals surface area contributed by atoms with Crippen LogP contribution in [0.15, 0.2) is 36.8 Å². The molecule has 3 aromatic rings. The van der Waals surface area contributed by atoms with E-state index in [9.17, 15) is 14.3 Å². The van der Waals surface area contributed by atoms with Gasteiger partial charge in [-0.25, -0.2) is 4.39 Å². The first-order valence-corrected chi connectivity index (χ1v) is 14.2. The number of aliphatic hydroxyl groups excluding tert-OH is 1. The first-order valence-electron chi connectivity index (χ1n) is 14.2. The van der Waals surface area contributed by atoms with Gasteiger partial charge in [-0.2, -0.15) is 0 Å². The molecule has 1 unspecified atom stereocenters. The average molecular weight is 537 g/mol. The highest BCUT2D eigenvalue weighted by atomic mass is 19.1. The van der Waals surface area contributed by atoms with Gasteiger partial charge in [0.15, 0.2) is 0 Å². The predicted molar refractivity (Wildman–Crippen MR) is 151 cm³/mol. The summed E-state index contributed by atoms with van der Waals surface area (Å²) >= 11 is 0. The minimum atomic E-state index is -0.432. The number of hydrogen-bond donors (Lipinski definition) is 1. The maximum absolute atomic E-state index is 14.4. The summed E-state index contributed by atoms with van der Waals surface area (Å²) in [5.74, 6) is 0.197. The Hall–Kier alpha value is -2.81. The number of carbonyl (C=O) groups is 1. The number of carbonyl (C=O) groups excluding carboxylic acids is 1. The predicted octanol–water partition coefficient (Wildman–Crippen LogP) is 4.61. The van der Waals surface area contributed by atoms with Crippen LogP contribution in [-0.4, -0.2) is 82.4 Å². The van der Waals surface area contributed by atoms with Crippen LogP contribution in [0.5, 0.6) is 0 Å². The summed E-state index contributed by atoms with van der Waals surface area (Å²) in [5, 5.41) is 11.4. The number of pyridine rings is 1. The van der Waals surface area contributed by atoms with E-state index in [1.54, 1.807) is 18.0 Å². The lowest BCUT2D eigenvalue weighted by Gasteiger charge is -2.35. The van der Waals surface area contributed by atoms with Gasteiger partial charge in [0.05, 0.1) is 36.2 Å². The van der Waals surface area contributed by atoms with Crippen LogP contribution in [0.3, 0.4) is 0 Å². The highest BCUT2D eigenvalue weighted by Crippen LogP contribution is 2.34. The molecule has 5 rings (SSSR count). The van der Waals surface area contributed by atoms with Gasteiger partial charge in [0, 0.05) is 56.0 Å². The van der Waals surface area contributed by atoms with Crippen molar-refractivity contribution < 1.29 is 19.0 Å². The van der Waals surface area contributed by atoms with Crippen molar-refractivity contribution in [2.24, 2.45) is 11.8 Å². The number of aryl methyl sites for hydroxylation is 1. The summed E-state index contributed by atoms with van der Waals surface area (Å²) < 4.78 is 22.1. The van der Waals surface area contributed by atoms with Gasteiger partial charge in [0.1, 0.15) is 5.82 Å². The molecule has 1 N–H and O–H groups in total.